The van der Waals surface area contributed by atoms with Crippen LogP contribution in [-0.4, -0.2) is 42.3 Å². The second-order valence-corrected chi connectivity index (χ2v) is 9.79. The van der Waals surface area contributed by atoms with Crippen molar-refractivity contribution in [1.82, 2.24) is 0 Å². The molecular weight excluding hydrogens is 536 g/mol. The standard InChI is InChI=1S/C34H36O8/c1-35-26-8-6-7-22(15-26)11-13-25-19-31(29(38-4)20-28(25)37-3)42-30-16-23(12-14-27(30)36-2)9-10-24-17-32(39-5)34-33(18-24)40-21-41-34/h6-8,12,14-20H,9-11,13,21H2,1-5H3. The molecule has 8 heteroatoms. The Morgan fingerprint density at radius 1 is 0.524 bits per heavy atom. The summed E-state index contributed by atoms with van der Waals surface area (Å²) in [6, 6.07) is 21.9. The minimum absolute atomic E-state index is 0.200. The summed E-state index contributed by atoms with van der Waals surface area (Å²) in [6.07, 6.45) is 3.10. The van der Waals surface area contributed by atoms with Gasteiger partial charge in [0.15, 0.2) is 34.5 Å². The van der Waals surface area contributed by atoms with E-state index in [1.54, 1.807) is 35.5 Å². The first-order chi connectivity index (χ1) is 20.5. The zero-order valence-corrected chi connectivity index (χ0v) is 24.7. The molecule has 0 amide bonds. The van der Waals surface area contributed by atoms with Crippen molar-refractivity contribution in [3.63, 3.8) is 0 Å². The smallest absolute Gasteiger partial charge is 0.231 e. The largest absolute Gasteiger partial charge is 0.497 e. The second-order valence-electron chi connectivity index (χ2n) is 9.79. The van der Waals surface area contributed by atoms with Crippen LogP contribution >= 0.6 is 0 Å². The van der Waals surface area contributed by atoms with Crippen LogP contribution in [0.2, 0.25) is 0 Å². The third kappa shape index (κ3) is 6.43. The fourth-order valence-corrected chi connectivity index (χ4v) is 5.01. The molecule has 0 fully saturated rings. The first kappa shape index (κ1) is 28.8. The molecule has 0 bridgehead atoms. The first-order valence-corrected chi connectivity index (χ1v) is 13.7. The van der Waals surface area contributed by atoms with E-state index in [1.165, 1.54) is 5.56 Å². The maximum Gasteiger partial charge on any atom is 0.231 e. The van der Waals surface area contributed by atoms with Gasteiger partial charge in [-0.15, -0.1) is 0 Å². The third-order valence-electron chi connectivity index (χ3n) is 7.25. The zero-order chi connectivity index (χ0) is 29.5. The van der Waals surface area contributed by atoms with E-state index in [1.807, 2.05) is 60.7 Å². The molecule has 0 N–H and O–H groups in total. The van der Waals surface area contributed by atoms with Crippen molar-refractivity contribution in [3.8, 4) is 51.7 Å². The summed E-state index contributed by atoms with van der Waals surface area (Å²) in [5, 5.41) is 0. The van der Waals surface area contributed by atoms with Crippen LogP contribution < -0.4 is 37.9 Å². The molecule has 1 aliphatic rings. The number of ether oxygens (including phenoxy) is 8. The highest BCUT2D eigenvalue weighted by atomic mass is 16.7. The van der Waals surface area contributed by atoms with E-state index in [9.17, 15) is 0 Å². The van der Waals surface area contributed by atoms with Crippen LogP contribution in [0.25, 0.3) is 0 Å². The van der Waals surface area contributed by atoms with Gasteiger partial charge in [-0.1, -0.05) is 18.2 Å². The predicted molar refractivity (Wildman–Crippen MR) is 160 cm³/mol. The molecule has 8 nitrogen and oxygen atoms in total. The molecule has 0 atom stereocenters. The highest BCUT2D eigenvalue weighted by molar-refractivity contribution is 5.56. The van der Waals surface area contributed by atoms with Crippen LogP contribution in [0.1, 0.15) is 22.3 Å². The summed E-state index contributed by atoms with van der Waals surface area (Å²) in [4.78, 5) is 0. The summed E-state index contributed by atoms with van der Waals surface area (Å²) in [5.41, 5.74) is 4.35. The molecule has 4 aromatic carbocycles. The van der Waals surface area contributed by atoms with Gasteiger partial charge < -0.3 is 37.9 Å². The number of benzene rings is 4. The number of hydrogen-bond acceptors (Lipinski definition) is 8. The number of methoxy groups -OCH3 is 5. The van der Waals surface area contributed by atoms with Gasteiger partial charge in [-0.2, -0.15) is 0 Å². The Balaban J connectivity index is 1.37. The van der Waals surface area contributed by atoms with Crippen molar-refractivity contribution >= 4 is 0 Å². The lowest BCUT2D eigenvalue weighted by molar-refractivity contribution is 0.171. The lowest BCUT2D eigenvalue weighted by Crippen LogP contribution is -2.00. The number of hydrogen-bond donors (Lipinski definition) is 0. The van der Waals surface area contributed by atoms with Gasteiger partial charge in [0.05, 0.1) is 35.5 Å². The normalized spacial score (nSPS) is 11.6. The average Bonchev–Trinajstić information content (AvgIpc) is 3.51. The number of rotatable bonds is 13. The summed E-state index contributed by atoms with van der Waals surface area (Å²) in [5.74, 6) is 5.97. The summed E-state index contributed by atoms with van der Waals surface area (Å²) >= 11 is 0. The SMILES string of the molecule is COc1cccc(CCc2cc(Oc3cc(CCc4cc(OC)c5c(c4)OCO5)ccc3OC)c(OC)cc2OC)c1. The predicted octanol–water partition coefficient (Wildman–Crippen LogP) is 6.82. The van der Waals surface area contributed by atoms with Crippen LogP contribution in [0.4, 0.5) is 0 Å². The topological polar surface area (TPSA) is 73.8 Å². The summed E-state index contributed by atoms with van der Waals surface area (Å²) in [7, 11) is 8.21. The van der Waals surface area contributed by atoms with Gasteiger partial charge in [0.2, 0.25) is 12.5 Å². The molecule has 0 saturated carbocycles. The second kappa shape index (κ2) is 13.3. The molecule has 0 aromatic heterocycles. The molecule has 4 aromatic rings. The van der Waals surface area contributed by atoms with E-state index < -0.39 is 0 Å². The molecule has 42 heavy (non-hydrogen) atoms. The minimum atomic E-state index is 0.200. The van der Waals surface area contributed by atoms with Crippen molar-refractivity contribution in [2.24, 2.45) is 0 Å². The minimum Gasteiger partial charge on any atom is -0.497 e. The highest BCUT2D eigenvalue weighted by Crippen LogP contribution is 2.43. The van der Waals surface area contributed by atoms with E-state index in [-0.39, 0.29) is 6.79 Å². The molecule has 0 unspecified atom stereocenters. The van der Waals surface area contributed by atoms with Crippen molar-refractivity contribution in [2.45, 2.75) is 25.7 Å². The van der Waals surface area contributed by atoms with Gasteiger partial charge >= 0.3 is 0 Å². The molecule has 5 rings (SSSR count). The lowest BCUT2D eigenvalue weighted by atomic mass is 10.0. The van der Waals surface area contributed by atoms with Crippen LogP contribution in [0.15, 0.2) is 66.7 Å². The van der Waals surface area contributed by atoms with Crippen LogP contribution in [0, 0.1) is 0 Å². The average molecular weight is 573 g/mol. The maximum atomic E-state index is 6.46. The molecule has 1 aliphatic heterocycles. The molecular formula is C34H36O8. The Morgan fingerprint density at radius 3 is 1.98 bits per heavy atom. The van der Waals surface area contributed by atoms with Gasteiger partial charge in [0.25, 0.3) is 0 Å². The molecule has 0 aliphatic carbocycles. The van der Waals surface area contributed by atoms with Gasteiger partial charge in [-0.3, -0.25) is 0 Å². The summed E-state index contributed by atoms with van der Waals surface area (Å²) < 4.78 is 45.5. The van der Waals surface area contributed by atoms with Crippen LogP contribution in [0.5, 0.6) is 51.7 Å². The summed E-state index contributed by atoms with van der Waals surface area (Å²) in [6.45, 7) is 0.200. The molecule has 220 valence electrons. The van der Waals surface area contributed by atoms with Gasteiger partial charge in [-0.25, -0.2) is 0 Å². The quantitative estimate of drug-likeness (QED) is 0.173. The molecule has 0 radical (unpaired) electrons. The molecule has 1 heterocycles. The van der Waals surface area contributed by atoms with E-state index in [0.717, 1.165) is 53.9 Å². The Morgan fingerprint density at radius 2 is 1.21 bits per heavy atom. The molecule has 0 spiro atoms. The van der Waals surface area contributed by atoms with Crippen LogP contribution in [-0.2, 0) is 25.7 Å². The van der Waals surface area contributed by atoms with Crippen molar-refractivity contribution in [1.29, 1.82) is 0 Å². The van der Waals surface area contributed by atoms with E-state index >= 15 is 0 Å². The first-order valence-electron chi connectivity index (χ1n) is 13.7. The maximum absolute atomic E-state index is 6.46. The van der Waals surface area contributed by atoms with Crippen molar-refractivity contribution in [2.75, 3.05) is 42.3 Å². The monoisotopic (exact) mass is 572 g/mol. The number of aryl methyl sites for hydroxylation is 4. The Hall–Kier alpha value is -4.72. The number of fused-ring (bicyclic) bond motifs is 1. The Kier molecular flexibility index (Phi) is 9.12. The van der Waals surface area contributed by atoms with E-state index in [4.69, 9.17) is 37.9 Å². The van der Waals surface area contributed by atoms with Gasteiger partial charge in [-0.05, 0) is 90.4 Å². The van der Waals surface area contributed by atoms with E-state index in [2.05, 4.69) is 6.07 Å². The fraction of sp³-hybridized carbons (Fsp3) is 0.294. The third-order valence-corrected chi connectivity index (χ3v) is 7.25. The Bertz CT molecular complexity index is 1530. The van der Waals surface area contributed by atoms with Gasteiger partial charge in [0.1, 0.15) is 11.5 Å². The fourth-order valence-electron chi connectivity index (χ4n) is 5.01. The highest BCUT2D eigenvalue weighted by Gasteiger charge is 2.20. The van der Waals surface area contributed by atoms with Crippen molar-refractivity contribution in [3.05, 3.63) is 89.0 Å². The van der Waals surface area contributed by atoms with E-state index in [0.29, 0.717) is 40.2 Å². The molecule has 0 saturated heterocycles. The zero-order valence-electron chi connectivity index (χ0n) is 24.7. The van der Waals surface area contributed by atoms with Gasteiger partial charge in [0, 0.05) is 6.07 Å². The van der Waals surface area contributed by atoms with Crippen LogP contribution in [0.3, 0.4) is 0 Å². The van der Waals surface area contributed by atoms with Crippen molar-refractivity contribution < 1.29 is 37.9 Å². The lowest BCUT2D eigenvalue weighted by Gasteiger charge is -2.17. The Labute approximate surface area is 246 Å².